The fourth-order valence-corrected chi connectivity index (χ4v) is 1.78. The van der Waals surface area contributed by atoms with E-state index in [1.807, 2.05) is 0 Å². The SMILES string of the molecule is COc1cc(C(C)=CC(C)CC(=O)O)oc(=O)c1C. The highest BCUT2D eigenvalue weighted by molar-refractivity contribution is 5.68. The van der Waals surface area contributed by atoms with E-state index in [-0.39, 0.29) is 12.3 Å². The van der Waals surface area contributed by atoms with Gasteiger partial charge in [-0.2, -0.15) is 0 Å². The molecule has 0 saturated carbocycles. The van der Waals surface area contributed by atoms with Crippen molar-refractivity contribution in [3.05, 3.63) is 33.9 Å². The van der Waals surface area contributed by atoms with Gasteiger partial charge in [-0.15, -0.1) is 0 Å². The van der Waals surface area contributed by atoms with Gasteiger partial charge < -0.3 is 14.3 Å². The molecule has 0 spiro atoms. The third-order valence-corrected chi connectivity index (χ3v) is 2.78. The number of ether oxygens (including phenoxy) is 1. The normalized spacial score (nSPS) is 13.2. The van der Waals surface area contributed by atoms with Crippen LogP contribution in [0.3, 0.4) is 0 Å². The van der Waals surface area contributed by atoms with E-state index >= 15 is 0 Å². The lowest BCUT2D eigenvalue weighted by atomic mass is 10.0. The van der Waals surface area contributed by atoms with Gasteiger partial charge in [0.15, 0.2) is 0 Å². The Labute approximate surface area is 111 Å². The maximum absolute atomic E-state index is 11.6. The van der Waals surface area contributed by atoms with Crippen molar-refractivity contribution in [1.29, 1.82) is 0 Å². The van der Waals surface area contributed by atoms with Crippen LogP contribution in [0.5, 0.6) is 5.75 Å². The Bertz CT molecular complexity index is 553. The number of carboxylic acid groups (broad SMARTS) is 1. The second-order valence-electron chi connectivity index (χ2n) is 4.52. The fraction of sp³-hybridized carbons (Fsp3) is 0.429. The lowest BCUT2D eigenvalue weighted by molar-refractivity contribution is -0.137. The van der Waals surface area contributed by atoms with Crippen LogP contribution in [0.15, 0.2) is 21.4 Å². The molecule has 104 valence electrons. The van der Waals surface area contributed by atoms with Crippen LogP contribution >= 0.6 is 0 Å². The number of allylic oxidation sites excluding steroid dienone is 2. The van der Waals surface area contributed by atoms with Crippen molar-refractivity contribution in [2.24, 2.45) is 5.92 Å². The van der Waals surface area contributed by atoms with E-state index in [1.165, 1.54) is 7.11 Å². The molecule has 1 unspecified atom stereocenters. The minimum Gasteiger partial charge on any atom is -0.496 e. The molecule has 0 bridgehead atoms. The molecule has 0 fully saturated rings. The summed E-state index contributed by atoms with van der Waals surface area (Å²) in [5.74, 6) is -0.149. The lowest BCUT2D eigenvalue weighted by Crippen LogP contribution is -2.07. The van der Waals surface area contributed by atoms with E-state index in [4.69, 9.17) is 14.3 Å². The average Bonchev–Trinajstić information content (AvgIpc) is 2.31. The molecule has 1 heterocycles. The van der Waals surface area contributed by atoms with Crippen LogP contribution in [0.25, 0.3) is 5.57 Å². The van der Waals surface area contributed by atoms with Crippen LogP contribution in [0.2, 0.25) is 0 Å². The van der Waals surface area contributed by atoms with Crippen molar-refractivity contribution in [2.75, 3.05) is 7.11 Å². The van der Waals surface area contributed by atoms with Gasteiger partial charge in [0.2, 0.25) is 0 Å². The predicted molar refractivity (Wildman–Crippen MR) is 71.3 cm³/mol. The van der Waals surface area contributed by atoms with Crippen LogP contribution in [0.4, 0.5) is 0 Å². The average molecular weight is 266 g/mol. The molecule has 5 nitrogen and oxygen atoms in total. The second-order valence-corrected chi connectivity index (χ2v) is 4.52. The highest BCUT2D eigenvalue weighted by Gasteiger charge is 2.11. The number of carboxylic acids is 1. The third kappa shape index (κ3) is 3.98. The van der Waals surface area contributed by atoms with Crippen LogP contribution < -0.4 is 10.4 Å². The molecular weight excluding hydrogens is 248 g/mol. The molecule has 0 aliphatic carbocycles. The molecule has 1 N–H and O–H groups in total. The molecule has 1 rings (SSSR count). The monoisotopic (exact) mass is 266 g/mol. The first-order chi connectivity index (χ1) is 8.85. The number of hydrogen-bond acceptors (Lipinski definition) is 4. The minimum absolute atomic E-state index is 0.0323. The summed E-state index contributed by atoms with van der Waals surface area (Å²) in [7, 11) is 1.48. The highest BCUT2D eigenvalue weighted by Crippen LogP contribution is 2.22. The smallest absolute Gasteiger partial charge is 0.342 e. The summed E-state index contributed by atoms with van der Waals surface area (Å²) < 4.78 is 10.3. The zero-order valence-corrected chi connectivity index (χ0v) is 11.5. The first kappa shape index (κ1) is 15.0. The fourth-order valence-electron chi connectivity index (χ4n) is 1.78. The topological polar surface area (TPSA) is 76.7 Å². The van der Waals surface area contributed by atoms with E-state index < -0.39 is 11.6 Å². The molecule has 5 heteroatoms. The van der Waals surface area contributed by atoms with E-state index in [0.29, 0.717) is 22.6 Å². The number of carbonyl (C=O) groups is 1. The third-order valence-electron chi connectivity index (χ3n) is 2.78. The summed E-state index contributed by atoms with van der Waals surface area (Å²) in [6.45, 7) is 5.19. The Morgan fingerprint density at radius 1 is 1.58 bits per heavy atom. The maximum atomic E-state index is 11.6. The molecule has 1 aromatic rings. The van der Waals surface area contributed by atoms with Gasteiger partial charge in [-0.05, 0) is 25.3 Å². The molecule has 0 aliphatic rings. The Balaban J connectivity index is 3.09. The van der Waals surface area contributed by atoms with Crippen molar-refractivity contribution >= 4 is 11.5 Å². The maximum Gasteiger partial charge on any atom is 0.342 e. The first-order valence-electron chi connectivity index (χ1n) is 5.94. The summed E-state index contributed by atoms with van der Waals surface area (Å²) in [5, 5.41) is 8.71. The van der Waals surface area contributed by atoms with Gasteiger partial charge in [0, 0.05) is 6.07 Å². The van der Waals surface area contributed by atoms with Gasteiger partial charge >= 0.3 is 11.6 Å². The molecular formula is C14H18O5. The molecule has 0 aliphatic heterocycles. The Morgan fingerprint density at radius 3 is 2.74 bits per heavy atom. The lowest BCUT2D eigenvalue weighted by Gasteiger charge is -2.08. The molecule has 0 saturated heterocycles. The van der Waals surface area contributed by atoms with Crippen molar-refractivity contribution in [2.45, 2.75) is 27.2 Å². The van der Waals surface area contributed by atoms with Gasteiger partial charge in [-0.3, -0.25) is 4.79 Å². The first-order valence-corrected chi connectivity index (χ1v) is 5.94. The van der Waals surface area contributed by atoms with E-state index in [0.717, 1.165) is 0 Å². The second kappa shape index (κ2) is 6.22. The molecule has 0 radical (unpaired) electrons. The van der Waals surface area contributed by atoms with Crippen LogP contribution in [-0.2, 0) is 4.79 Å². The quantitative estimate of drug-likeness (QED) is 0.885. The zero-order chi connectivity index (χ0) is 14.6. The van der Waals surface area contributed by atoms with Crippen LogP contribution in [-0.4, -0.2) is 18.2 Å². The van der Waals surface area contributed by atoms with Crippen LogP contribution in [0.1, 0.15) is 31.6 Å². The van der Waals surface area contributed by atoms with Crippen molar-refractivity contribution in [3.63, 3.8) is 0 Å². The summed E-state index contributed by atoms with van der Waals surface area (Å²) in [6.07, 6.45) is 1.80. The standard InChI is InChI=1S/C14H18O5/c1-8(6-13(15)16)5-9(2)11-7-12(18-4)10(3)14(17)19-11/h5,7-8H,6H2,1-4H3,(H,15,16). The summed E-state index contributed by atoms with van der Waals surface area (Å²) >= 11 is 0. The van der Waals surface area contributed by atoms with Gasteiger partial charge in [0.1, 0.15) is 11.5 Å². The molecule has 1 aromatic heterocycles. The predicted octanol–water partition coefficient (Wildman–Crippen LogP) is 2.47. The number of aliphatic carboxylic acids is 1. The van der Waals surface area contributed by atoms with Crippen LogP contribution in [0, 0.1) is 12.8 Å². The summed E-state index contributed by atoms with van der Waals surface area (Å²) in [6, 6.07) is 1.63. The molecule has 19 heavy (non-hydrogen) atoms. The highest BCUT2D eigenvalue weighted by atomic mass is 16.5. The summed E-state index contributed by atoms with van der Waals surface area (Å²) in [4.78, 5) is 22.2. The summed E-state index contributed by atoms with van der Waals surface area (Å²) in [5.41, 5.74) is 0.676. The van der Waals surface area contributed by atoms with Crippen molar-refractivity contribution in [1.82, 2.24) is 0 Å². The minimum atomic E-state index is -0.862. The number of methoxy groups -OCH3 is 1. The molecule has 0 aromatic carbocycles. The van der Waals surface area contributed by atoms with E-state index in [1.54, 1.807) is 32.9 Å². The Hall–Kier alpha value is -2.04. The number of hydrogen-bond donors (Lipinski definition) is 1. The Morgan fingerprint density at radius 2 is 2.21 bits per heavy atom. The zero-order valence-electron chi connectivity index (χ0n) is 11.5. The van der Waals surface area contributed by atoms with Gasteiger partial charge in [0.05, 0.1) is 19.1 Å². The number of rotatable bonds is 5. The van der Waals surface area contributed by atoms with Gasteiger partial charge in [-0.1, -0.05) is 13.0 Å². The van der Waals surface area contributed by atoms with Gasteiger partial charge in [0.25, 0.3) is 0 Å². The van der Waals surface area contributed by atoms with E-state index in [2.05, 4.69) is 0 Å². The van der Waals surface area contributed by atoms with E-state index in [9.17, 15) is 9.59 Å². The van der Waals surface area contributed by atoms with Gasteiger partial charge in [-0.25, -0.2) is 4.79 Å². The Kier molecular flexibility index (Phi) is 4.92. The molecule has 0 amide bonds. The van der Waals surface area contributed by atoms with Crippen molar-refractivity contribution in [3.8, 4) is 5.75 Å². The van der Waals surface area contributed by atoms with Crippen molar-refractivity contribution < 1.29 is 19.1 Å². The largest absolute Gasteiger partial charge is 0.496 e. The molecule has 1 atom stereocenters.